The van der Waals surface area contributed by atoms with Crippen LogP contribution in [0, 0.1) is 18.6 Å². The van der Waals surface area contributed by atoms with Gasteiger partial charge in [0.2, 0.25) is 0 Å². The number of nitrogens with zero attached hydrogens (tertiary/aromatic N) is 1. The highest BCUT2D eigenvalue weighted by molar-refractivity contribution is 6.08. The second kappa shape index (κ2) is 7.74. The average Bonchev–Trinajstić information content (AvgIpc) is 2.63. The Hall–Kier alpha value is -3.61. The Morgan fingerprint density at radius 2 is 1.59 bits per heavy atom. The van der Waals surface area contributed by atoms with Crippen molar-refractivity contribution in [1.29, 1.82) is 0 Å². The summed E-state index contributed by atoms with van der Waals surface area (Å²) in [5.41, 5.74) is 1.75. The molecule has 0 fully saturated rings. The van der Waals surface area contributed by atoms with Crippen molar-refractivity contribution in [3.05, 3.63) is 89.2 Å². The lowest BCUT2D eigenvalue weighted by Gasteiger charge is -2.11. The minimum atomic E-state index is -0.847. The van der Waals surface area contributed by atoms with E-state index in [1.54, 1.807) is 37.4 Å². The minimum absolute atomic E-state index is 0.158. The lowest BCUT2D eigenvalue weighted by atomic mass is 10.1. The van der Waals surface area contributed by atoms with E-state index in [2.05, 4.69) is 15.6 Å². The molecule has 0 saturated heterocycles. The molecule has 2 aromatic carbocycles. The second-order valence-corrected chi connectivity index (χ2v) is 5.84. The predicted molar refractivity (Wildman–Crippen MR) is 97.7 cm³/mol. The van der Waals surface area contributed by atoms with Gasteiger partial charge in [-0.1, -0.05) is 6.07 Å². The number of carbonyl (C=O) groups is 2. The van der Waals surface area contributed by atoms with Gasteiger partial charge in [0.25, 0.3) is 11.8 Å². The Morgan fingerprint density at radius 3 is 2.26 bits per heavy atom. The van der Waals surface area contributed by atoms with E-state index in [-0.39, 0.29) is 11.5 Å². The van der Waals surface area contributed by atoms with Crippen LogP contribution in [0.15, 0.2) is 60.9 Å². The van der Waals surface area contributed by atoms with E-state index in [4.69, 9.17) is 0 Å². The van der Waals surface area contributed by atoms with Crippen molar-refractivity contribution in [2.45, 2.75) is 6.92 Å². The number of benzene rings is 2. The van der Waals surface area contributed by atoms with Crippen LogP contribution in [0.2, 0.25) is 0 Å². The van der Waals surface area contributed by atoms with Crippen LogP contribution in [0.3, 0.4) is 0 Å². The standard InChI is InChI=1S/C20H15F2N3O2/c1-12-4-5-16(24-19(26)13-7-14(21)9-15(22)8-13)10-18(12)20(27)25-17-3-2-6-23-11-17/h2-11H,1H3,(H,24,26)(H,25,27). The third kappa shape index (κ3) is 4.52. The van der Waals surface area contributed by atoms with Crippen LogP contribution in [0.1, 0.15) is 26.3 Å². The van der Waals surface area contributed by atoms with Gasteiger partial charge in [-0.15, -0.1) is 0 Å². The van der Waals surface area contributed by atoms with Gasteiger partial charge in [0.1, 0.15) is 11.6 Å². The van der Waals surface area contributed by atoms with E-state index >= 15 is 0 Å². The molecular weight excluding hydrogens is 352 g/mol. The van der Waals surface area contributed by atoms with E-state index in [9.17, 15) is 18.4 Å². The van der Waals surface area contributed by atoms with Crippen molar-refractivity contribution in [3.63, 3.8) is 0 Å². The maximum atomic E-state index is 13.3. The smallest absolute Gasteiger partial charge is 0.256 e. The van der Waals surface area contributed by atoms with Gasteiger partial charge in [-0.3, -0.25) is 14.6 Å². The maximum Gasteiger partial charge on any atom is 0.256 e. The molecule has 0 bridgehead atoms. The van der Waals surface area contributed by atoms with Crippen LogP contribution in [-0.2, 0) is 0 Å². The highest BCUT2D eigenvalue weighted by Gasteiger charge is 2.13. The summed E-state index contributed by atoms with van der Waals surface area (Å²) in [5, 5.41) is 5.25. The zero-order valence-corrected chi connectivity index (χ0v) is 14.3. The Labute approximate surface area is 154 Å². The van der Waals surface area contributed by atoms with Crippen LogP contribution in [0.4, 0.5) is 20.2 Å². The van der Waals surface area contributed by atoms with Gasteiger partial charge >= 0.3 is 0 Å². The summed E-state index contributed by atoms with van der Waals surface area (Å²) >= 11 is 0. The van der Waals surface area contributed by atoms with Gasteiger partial charge in [-0.05, 0) is 48.9 Å². The number of nitrogens with one attached hydrogen (secondary N) is 2. The molecule has 1 aromatic heterocycles. The predicted octanol–water partition coefficient (Wildman–Crippen LogP) is 4.17. The quantitative estimate of drug-likeness (QED) is 0.727. The molecule has 136 valence electrons. The van der Waals surface area contributed by atoms with Crippen molar-refractivity contribution < 1.29 is 18.4 Å². The zero-order valence-electron chi connectivity index (χ0n) is 14.3. The molecule has 0 aliphatic rings. The van der Waals surface area contributed by atoms with E-state index in [0.29, 0.717) is 28.6 Å². The van der Waals surface area contributed by atoms with Gasteiger partial charge in [0, 0.05) is 29.1 Å². The summed E-state index contributed by atoms with van der Waals surface area (Å²) in [5.74, 6) is -2.74. The molecule has 0 atom stereocenters. The fraction of sp³-hybridized carbons (Fsp3) is 0.0500. The summed E-state index contributed by atoms with van der Waals surface area (Å²) < 4.78 is 26.6. The number of rotatable bonds is 4. The molecule has 2 N–H and O–H groups in total. The summed E-state index contributed by atoms with van der Waals surface area (Å²) in [6.45, 7) is 1.76. The van der Waals surface area contributed by atoms with Gasteiger partial charge in [0.05, 0.1) is 11.9 Å². The average molecular weight is 367 g/mol. The molecule has 0 aliphatic carbocycles. The van der Waals surface area contributed by atoms with Crippen molar-refractivity contribution in [1.82, 2.24) is 4.98 Å². The van der Waals surface area contributed by atoms with Crippen LogP contribution >= 0.6 is 0 Å². The van der Waals surface area contributed by atoms with Crippen molar-refractivity contribution in [2.75, 3.05) is 10.6 Å². The first-order chi connectivity index (χ1) is 12.9. The zero-order chi connectivity index (χ0) is 19.4. The van der Waals surface area contributed by atoms with Crippen LogP contribution < -0.4 is 10.6 Å². The van der Waals surface area contributed by atoms with Gasteiger partial charge in [-0.2, -0.15) is 0 Å². The van der Waals surface area contributed by atoms with Gasteiger partial charge in [0.15, 0.2) is 0 Å². The lowest BCUT2D eigenvalue weighted by molar-refractivity contribution is 0.101. The first kappa shape index (κ1) is 18.2. The molecule has 5 nitrogen and oxygen atoms in total. The molecule has 1 heterocycles. The monoisotopic (exact) mass is 367 g/mol. The van der Waals surface area contributed by atoms with Crippen molar-refractivity contribution in [3.8, 4) is 0 Å². The Morgan fingerprint density at radius 1 is 0.889 bits per heavy atom. The number of pyridine rings is 1. The number of anilines is 2. The fourth-order valence-electron chi connectivity index (χ4n) is 2.47. The Bertz CT molecular complexity index is 987. The van der Waals surface area contributed by atoms with E-state index in [1.165, 1.54) is 12.3 Å². The summed E-state index contributed by atoms with van der Waals surface area (Å²) in [6, 6.07) is 10.7. The number of carbonyl (C=O) groups excluding carboxylic acids is 2. The van der Waals surface area contributed by atoms with Crippen LogP contribution in [0.5, 0.6) is 0 Å². The number of amides is 2. The van der Waals surface area contributed by atoms with E-state index in [0.717, 1.165) is 12.1 Å². The van der Waals surface area contributed by atoms with Crippen molar-refractivity contribution >= 4 is 23.2 Å². The SMILES string of the molecule is Cc1ccc(NC(=O)c2cc(F)cc(F)c2)cc1C(=O)Nc1cccnc1. The first-order valence-corrected chi connectivity index (χ1v) is 8.02. The number of hydrogen-bond acceptors (Lipinski definition) is 3. The summed E-state index contributed by atoms with van der Waals surface area (Å²) in [7, 11) is 0. The lowest BCUT2D eigenvalue weighted by Crippen LogP contribution is -2.16. The summed E-state index contributed by atoms with van der Waals surface area (Å²) in [4.78, 5) is 28.6. The second-order valence-electron chi connectivity index (χ2n) is 5.84. The first-order valence-electron chi connectivity index (χ1n) is 8.02. The topological polar surface area (TPSA) is 71.1 Å². The molecule has 0 saturated carbocycles. The maximum absolute atomic E-state index is 13.3. The molecular formula is C20H15F2N3O2. The largest absolute Gasteiger partial charge is 0.322 e. The number of aryl methyl sites for hydroxylation is 1. The van der Waals surface area contributed by atoms with Crippen molar-refractivity contribution in [2.24, 2.45) is 0 Å². The van der Waals surface area contributed by atoms with Crippen LogP contribution in [-0.4, -0.2) is 16.8 Å². The third-order valence-electron chi connectivity index (χ3n) is 3.78. The van der Waals surface area contributed by atoms with Gasteiger partial charge < -0.3 is 10.6 Å². The molecule has 3 aromatic rings. The fourth-order valence-corrected chi connectivity index (χ4v) is 2.47. The normalized spacial score (nSPS) is 10.3. The third-order valence-corrected chi connectivity index (χ3v) is 3.78. The highest BCUT2D eigenvalue weighted by Crippen LogP contribution is 2.18. The highest BCUT2D eigenvalue weighted by atomic mass is 19.1. The van der Waals surface area contributed by atoms with E-state index < -0.39 is 17.5 Å². The Balaban J connectivity index is 1.80. The summed E-state index contributed by atoms with van der Waals surface area (Å²) in [6.07, 6.45) is 3.10. The van der Waals surface area contributed by atoms with E-state index in [1.807, 2.05) is 0 Å². The number of halogens is 2. The number of hydrogen-bond donors (Lipinski definition) is 2. The molecule has 7 heteroatoms. The molecule has 0 radical (unpaired) electrons. The number of aromatic nitrogens is 1. The Kier molecular flexibility index (Phi) is 5.21. The molecule has 3 rings (SSSR count). The minimum Gasteiger partial charge on any atom is -0.322 e. The molecule has 0 spiro atoms. The van der Waals surface area contributed by atoms with Crippen LogP contribution in [0.25, 0.3) is 0 Å². The molecule has 2 amide bonds. The molecule has 0 unspecified atom stereocenters. The molecule has 0 aliphatic heterocycles. The van der Waals surface area contributed by atoms with Gasteiger partial charge in [-0.25, -0.2) is 8.78 Å². The molecule has 27 heavy (non-hydrogen) atoms.